The third-order valence-electron chi connectivity index (χ3n) is 5.32. The summed E-state index contributed by atoms with van der Waals surface area (Å²) in [4.78, 5) is 25.9. The molecule has 1 saturated heterocycles. The summed E-state index contributed by atoms with van der Waals surface area (Å²) in [5, 5.41) is 0. The van der Waals surface area contributed by atoms with Crippen molar-refractivity contribution in [3.05, 3.63) is 47.9 Å². The molecule has 1 aromatic heterocycles. The van der Waals surface area contributed by atoms with E-state index in [1.165, 1.54) is 18.4 Å². The Kier molecular flexibility index (Phi) is 4.38. The lowest BCUT2D eigenvalue weighted by Gasteiger charge is -2.31. The molecule has 3 heterocycles. The Morgan fingerprint density at radius 2 is 1.88 bits per heavy atom. The Labute approximate surface area is 148 Å². The van der Waals surface area contributed by atoms with Crippen molar-refractivity contribution in [2.24, 2.45) is 5.92 Å². The minimum Gasteiger partial charge on any atom is -0.355 e. The van der Waals surface area contributed by atoms with Crippen LogP contribution in [0.1, 0.15) is 42.2 Å². The highest BCUT2D eigenvalue weighted by Crippen LogP contribution is 2.28. The van der Waals surface area contributed by atoms with Gasteiger partial charge in [-0.3, -0.25) is 4.79 Å². The maximum Gasteiger partial charge on any atom is 0.278 e. The van der Waals surface area contributed by atoms with Crippen LogP contribution in [-0.2, 0) is 6.42 Å². The molecule has 0 unspecified atom stereocenters. The maximum absolute atomic E-state index is 12.9. The van der Waals surface area contributed by atoms with Crippen LogP contribution in [0.4, 0.5) is 11.5 Å². The van der Waals surface area contributed by atoms with E-state index in [9.17, 15) is 4.79 Å². The van der Waals surface area contributed by atoms with E-state index in [2.05, 4.69) is 27.9 Å². The Morgan fingerprint density at radius 3 is 2.64 bits per heavy atom. The van der Waals surface area contributed by atoms with Crippen molar-refractivity contribution in [1.29, 1.82) is 0 Å². The van der Waals surface area contributed by atoms with E-state index in [-0.39, 0.29) is 5.91 Å². The number of hydrogen-bond donors (Lipinski definition) is 0. The molecule has 2 aliphatic rings. The van der Waals surface area contributed by atoms with E-state index in [1.54, 1.807) is 12.4 Å². The monoisotopic (exact) mass is 336 g/mol. The van der Waals surface area contributed by atoms with Crippen molar-refractivity contribution < 1.29 is 4.79 Å². The third kappa shape index (κ3) is 3.23. The molecule has 0 saturated carbocycles. The molecule has 2 aliphatic heterocycles. The van der Waals surface area contributed by atoms with Crippen LogP contribution in [-0.4, -0.2) is 35.5 Å². The summed E-state index contributed by atoms with van der Waals surface area (Å²) in [5.74, 6) is 1.60. The summed E-state index contributed by atoms with van der Waals surface area (Å²) in [7, 11) is 0. The van der Waals surface area contributed by atoms with Crippen molar-refractivity contribution >= 4 is 17.4 Å². The fourth-order valence-electron chi connectivity index (χ4n) is 3.72. The first-order valence-corrected chi connectivity index (χ1v) is 9.19. The number of piperidine rings is 1. The highest BCUT2D eigenvalue weighted by atomic mass is 16.2. The zero-order chi connectivity index (χ0) is 17.2. The van der Waals surface area contributed by atoms with Crippen LogP contribution in [0.3, 0.4) is 0 Å². The van der Waals surface area contributed by atoms with Crippen LogP contribution in [0.2, 0.25) is 0 Å². The number of amides is 1. The number of benzene rings is 1. The Bertz CT molecular complexity index is 751. The highest BCUT2D eigenvalue weighted by Gasteiger charge is 2.25. The van der Waals surface area contributed by atoms with Gasteiger partial charge in [0.25, 0.3) is 5.91 Å². The van der Waals surface area contributed by atoms with Crippen molar-refractivity contribution in [2.75, 3.05) is 29.4 Å². The topological polar surface area (TPSA) is 49.3 Å². The fourth-order valence-corrected chi connectivity index (χ4v) is 3.72. The lowest BCUT2D eigenvalue weighted by atomic mass is 9.99. The minimum absolute atomic E-state index is 0.0570. The molecule has 0 aliphatic carbocycles. The lowest BCUT2D eigenvalue weighted by Crippen LogP contribution is -2.36. The van der Waals surface area contributed by atoms with Gasteiger partial charge in [-0.1, -0.05) is 25.1 Å². The first-order valence-electron chi connectivity index (χ1n) is 9.19. The number of fused-ring (bicyclic) bond motifs is 1. The number of nitrogens with zero attached hydrogens (tertiary/aromatic N) is 4. The van der Waals surface area contributed by atoms with Crippen molar-refractivity contribution in [2.45, 2.75) is 32.6 Å². The first kappa shape index (κ1) is 16.1. The molecule has 0 N–H and O–H groups in total. The van der Waals surface area contributed by atoms with Gasteiger partial charge in [0.15, 0.2) is 0 Å². The van der Waals surface area contributed by atoms with E-state index < -0.39 is 0 Å². The van der Waals surface area contributed by atoms with Crippen LogP contribution in [0.5, 0.6) is 0 Å². The molecular weight excluding hydrogens is 312 g/mol. The first-order chi connectivity index (χ1) is 12.2. The zero-order valence-electron chi connectivity index (χ0n) is 14.7. The number of aromatic nitrogens is 2. The summed E-state index contributed by atoms with van der Waals surface area (Å²) >= 11 is 0. The fraction of sp³-hybridized carbons (Fsp3) is 0.450. The van der Waals surface area contributed by atoms with Gasteiger partial charge >= 0.3 is 0 Å². The van der Waals surface area contributed by atoms with Crippen LogP contribution >= 0.6 is 0 Å². The second kappa shape index (κ2) is 6.82. The molecule has 4 rings (SSSR count). The van der Waals surface area contributed by atoms with Gasteiger partial charge in [0.2, 0.25) is 0 Å². The molecule has 1 fully saturated rings. The number of hydrogen-bond acceptors (Lipinski definition) is 4. The molecule has 2 aromatic rings. The molecular formula is C20H24N4O. The van der Waals surface area contributed by atoms with Crippen LogP contribution in [0.15, 0.2) is 36.7 Å². The maximum atomic E-state index is 12.9. The molecule has 0 bridgehead atoms. The van der Waals surface area contributed by atoms with E-state index in [4.69, 9.17) is 0 Å². The summed E-state index contributed by atoms with van der Waals surface area (Å²) in [5.41, 5.74) is 2.66. The molecule has 5 heteroatoms. The number of anilines is 2. The molecule has 1 aromatic carbocycles. The smallest absolute Gasteiger partial charge is 0.278 e. The predicted molar refractivity (Wildman–Crippen MR) is 99.1 cm³/mol. The standard InChI is InChI=1S/C20H24N4O/c1-15-8-11-23(12-9-15)19-14-21-17(13-22-19)20(25)24-10-4-6-16-5-2-3-7-18(16)24/h2-3,5,7,13-15H,4,6,8-12H2,1H3. The van der Waals surface area contributed by atoms with Gasteiger partial charge in [-0.05, 0) is 43.2 Å². The van der Waals surface area contributed by atoms with Gasteiger partial charge < -0.3 is 9.80 Å². The Hall–Kier alpha value is -2.43. The minimum atomic E-state index is -0.0570. The molecule has 0 radical (unpaired) electrons. The number of para-hydroxylation sites is 1. The average molecular weight is 336 g/mol. The summed E-state index contributed by atoms with van der Waals surface area (Å²) in [6.07, 6.45) is 7.77. The van der Waals surface area contributed by atoms with Crippen molar-refractivity contribution in [3.63, 3.8) is 0 Å². The lowest BCUT2D eigenvalue weighted by molar-refractivity contribution is 0.0980. The van der Waals surface area contributed by atoms with Crippen LogP contribution < -0.4 is 9.80 Å². The van der Waals surface area contributed by atoms with Crippen molar-refractivity contribution in [1.82, 2.24) is 9.97 Å². The number of aryl methyl sites for hydroxylation is 1. The second-order valence-electron chi connectivity index (χ2n) is 7.12. The SMILES string of the molecule is CC1CCN(c2cnc(C(=O)N3CCCc4ccccc43)cn2)CC1. The second-order valence-corrected chi connectivity index (χ2v) is 7.12. The summed E-state index contributed by atoms with van der Waals surface area (Å²) < 4.78 is 0. The number of rotatable bonds is 2. The van der Waals surface area contributed by atoms with Gasteiger partial charge in [-0.2, -0.15) is 0 Å². The molecule has 5 nitrogen and oxygen atoms in total. The number of carbonyl (C=O) groups excluding carboxylic acids is 1. The zero-order valence-corrected chi connectivity index (χ0v) is 14.7. The van der Waals surface area contributed by atoms with E-state index in [1.807, 2.05) is 23.1 Å². The predicted octanol–water partition coefficient (Wildman–Crippen LogP) is 3.31. The Morgan fingerprint density at radius 1 is 1.08 bits per heavy atom. The largest absolute Gasteiger partial charge is 0.355 e. The van der Waals surface area contributed by atoms with Gasteiger partial charge in [0.1, 0.15) is 11.5 Å². The van der Waals surface area contributed by atoms with Gasteiger partial charge in [0.05, 0.1) is 12.4 Å². The normalized spacial score (nSPS) is 18.1. The Balaban J connectivity index is 1.52. The van der Waals surface area contributed by atoms with Gasteiger partial charge in [-0.25, -0.2) is 9.97 Å². The third-order valence-corrected chi connectivity index (χ3v) is 5.32. The van der Waals surface area contributed by atoms with Crippen LogP contribution in [0, 0.1) is 5.92 Å². The molecule has 0 spiro atoms. The molecule has 25 heavy (non-hydrogen) atoms. The highest BCUT2D eigenvalue weighted by molar-refractivity contribution is 6.05. The van der Waals surface area contributed by atoms with Crippen molar-refractivity contribution in [3.8, 4) is 0 Å². The van der Waals surface area contributed by atoms with Gasteiger partial charge in [-0.15, -0.1) is 0 Å². The molecule has 0 atom stereocenters. The quantitative estimate of drug-likeness (QED) is 0.844. The molecule has 130 valence electrons. The van der Waals surface area contributed by atoms with Crippen LogP contribution in [0.25, 0.3) is 0 Å². The van der Waals surface area contributed by atoms with Gasteiger partial charge in [0, 0.05) is 25.3 Å². The average Bonchev–Trinajstić information content (AvgIpc) is 2.68. The van der Waals surface area contributed by atoms with E-state index in [0.717, 1.165) is 49.9 Å². The van der Waals surface area contributed by atoms with E-state index >= 15 is 0 Å². The molecule has 1 amide bonds. The summed E-state index contributed by atoms with van der Waals surface area (Å²) in [6, 6.07) is 8.13. The van der Waals surface area contributed by atoms with E-state index in [0.29, 0.717) is 5.69 Å². The summed E-state index contributed by atoms with van der Waals surface area (Å²) in [6.45, 7) is 5.07. The number of carbonyl (C=O) groups is 1.